The van der Waals surface area contributed by atoms with E-state index in [2.05, 4.69) is 58.4 Å². The number of rotatable bonds is 20. The van der Waals surface area contributed by atoms with Crippen LogP contribution in [-0.2, 0) is 32.2 Å². The zero-order valence-electron chi connectivity index (χ0n) is 35.7. The average molecular weight is 876 g/mol. The monoisotopic (exact) mass is 875 g/mol. The number of benzene rings is 2. The largest absolute Gasteiger partial charge is 0.491 e. The Hall–Kier alpha value is -4.99. The Bertz CT molecular complexity index is 2380. The molecule has 0 aliphatic heterocycles. The zero-order valence-corrected chi connectivity index (χ0v) is 38.3. The minimum absolute atomic E-state index is 0.121. The van der Waals surface area contributed by atoms with Crippen LogP contribution in [0.2, 0.25) is 25.7 Å². The summed E-state index contributed by atoms with van der Waals surface area (Å²) in [5.41, 5.74) is 2.52. The molecule has 0 fully saturated rings. The summed E-state index contributed by atoms with van der Waals surface area (Å²) in [5.74, 6) is 5.59. The van der Waals surface area contributed by atoms with E-state index in [1.54, 1.807) is 30.4 Å². The number of thiazole rings is 2. The van der Waals surface area contributed by atoms with Crippen molar-refractivity contribution in [1.82, 2.24) is 24.6 Å². The summed E-state index contributed by atoms with van der Waals surface area (Å²) >= 11 is 2.86. The molecule has 0 radical (unpaired) electrons. The van der Waals surface area contributed by atoms with Gasteiger partial charge in [-0.15, -0.1) is 21.5 Å². The summed E-state index contributed by atoms with van der Waals surface area (Å²) in [6.07, 6.45) is 1.48. The number of hydrogen-bond donors (Lipinski definition) is 0. The molecule has 5 aromatic rings. The van der Waals surface area contributed by atoms with Crippen LogP contribution in [0.3, 0.4) is 0 Å². The first kappa shape index (κ1) is 46.1. The van der Waals surface area contributed by atoms with E-state index in [0.717, 1.165) is 26.6 Å². The van der Waals surface area contributed by atoms with Crippen molar-refractivity contribution in [2.75, 3.05) is 59.0 Å². The highest BCUT2D eigenvalue weighted by molar-refractivity contribution is 7.16. The van der Waals surface area contributed by atoms with E-state index in [0.29, 0.717) is 72.9 Å². The second kappa shape index (κ2) is 22.0. The maximum absolute atomic E-state index is 14.8. The third-order valence-corrected chi connectivity index (χ3v) is 12.9. The predicted molar refractivity (Wildman–Crippen MR) is 238 cm³/mol. The van der Waals surface area contributed by atoms with E-state index in [1.165, 1.54) is 24.5 Å². The molecule has 3 heterocycles. The van der Waals surface area contributed by atoms with Crippen molar-refractivity contribution in [1.29, 1.82) is 0 Å². The molecule has 5 rings (SSSR count). The molecule has 0 N–H and O–H groups in total. The van der Waals surface area contributed by atoms with Crippen molar-refractivity contribution in [2.45, 2.75) is 71.9 Å². The Morgan fingerprint density at radius 2 is 1.83 bits per heavy atom. The van der Waals surface area contributed by atoms with Crippen LogP contribution >= 0.6 is 22.7 Å². The van der Waals surface area contributed by atoms with Gasteiger partial charge in [0.05, 0.1) is 37.1 Å². The summed E-state index contributed by atoms with van der Waals surface area (Å²) in [6, 6.07) is 15.7. The molecule has 0 unspecified atom stereocenters. The minimum atomic E-state index is -1.26. The minimum Gasteiger partial charge on any atom is -0.491 e. The first-order valence-electron chi connectivity index (χ1n) is 19.9. The van der Waals surface area contributed by atoms with Crippen molar-refractivity contribution >= 4 is 69.7 Å². The zero-order chi connectivity index (χ0) is 43.2. The Balaban J connectivity index is 1.39. The lowest BCUT2D eigenvalue weighted by molar-refractivity contribution is -0.143. The van der Waals surface area contributed by atoms with Gasteiger partial charge in [0.1, 0.15) is 6.73 Å². The summed E-state index contributed by atoms with van der Waals surface area (Å²) in [4.78, 5) is 40.2. The fraction of sp³-hybridized carbons (Fsp3) is 0.442. The van der Waals surface area contributed by atoms with Gasteiger partial charge in [0.25, 0.3) is 0 Å². The number of methoxy groups -OCH3 is 1. The van der Waals surface area contributed by atoms with Gasteiger partial charge in [0, 0.05) is 38.1 Å². The number of carbonyl (C=O) groups excluding carboxylic acids is 2. The number of halogens is 1. The molecule has 0 aliphatic carbocycles. The summed E-state index contributed by atoms with van der Waals surface area (Å²) in [6.45, 7) is 13.1. The standard InChI is InChI=1S/C43H54FN7O6S2Si/c1-9-56-38(52)19-13-23-50(37-27-30(2)40(48-47-37)46-43-51(29-55-25-26-60(6,7)8)33-16-10-11-17-35(33)58-43)42-45-39(41(53)54-5)36(59-42)18-14-24-57-34-21-20-31(28-32(34)44)15-12-22-49(3)4/h10-11,16-17,20-21,27-28H,9,13-14,18-19,22-26,29H2,1-8H3/b46-43-. The lowest BCUT2D eigenvalue weighted by Crippen LogP contribution is -2.23. The van der Waals surface area contributed by atoms with Crippen LogP contribution in [0.25, 0.3) is 10.2 Å². The second-order valence-corrected chi connectivity index (χ2v) is 23.1. The molecule has 0 aliphatic rings. The van der Waals surface area contributed by atoms with E-state index >= 15 is 0 Å². The molecule has 60 heavy (non-hydrogen) atoms. The van der Waals surface area contributed by atoms with Crippen LogP contribution in [0.5, 0.6) is 5.75 Å². The molecule has 0 spiro atoms. The lowest BCUT2D eigenvalue weighted by atomic mass is 10.2. The third kappa shape index (κ3) is 13.3. The number of ether oxygens (including phenoxy) is 4. The average Bonchev–Trinajstić information content (AvgIpc) is 3.78. The summed E-state index contributed by atoms with van der Waals surface area (Å²) in [7, 11) is 3.88. The van der Waals surface area contributed by atoms with Gasteiger partial charge in [0.15, 0.2) is 38.8 Å². The molecular formula is C43H54FN7O6S2Si. The lowest BCUT2D eigenvalue weighted by Gasteiger charge is -2.20. The molecule has 13 nitrogen and oxygen atoms in total. The van der Waals surface area contributed by atoms with Crippen molar-refractivity contribution in [3.63, 3.8) is 0 Å². The first-order valence-corrected chi connectivity index (χ1v) is 25.2. The highest BCUT2D eigenvalue weighted by Gasteiger charge is 2.24. The van der Waals surface area contributed by atoms with Crippen LogP contribution in [0.4, 0.5) is 21.2 Å². The molecule has 320 valence electrons. The number of hydrogen-bond acceptors (Lipinski definition) is 14. The van der Waals surface area contributed by atoms with Gasteiger partial charge < -0.3 is 23.8 Å². The van der Waals surface area contributed by atoms with Crippen LogP contribution in [0.15, 0.2) is 53.5 Å². The van der Waals surface area contributed by atoms with Gasteiger partial charge in [-0.1, -0.05) is 55.0 Å². The topological polar surface area (TPSA) is 134 Å². The van der Waals surface area contributed by atoms with Gasteiger partial charge >= 0.3 is 11.9 Å². The molecule has 0 bridgehead atoms. The molecular weight excluding hydrogens is 822 g/mol. The molecule has 2 aromatic carbocycles. The van der Waals surface area contributed by atoms with Gasteiger partial charge in [0.2, 0.25) is 0 Å². The highest BCUT2D eigenvalue weighted by Crippen LogP contribution is 2.34. The van der Waals surface area contributed by atoms with Crippen molar-refractivity contribution < 1.29 is 32.9 Å². The van der Waals surface area contributed by atoms with Crippen LogP contribution < -0.4 is 14.4 Å². The van der Waals surface area contributed by atoms with Crippen molar-refractivity contribution in [3.05, 3.63) is 80.8 Å². The van der Waals surface area contributed by atoms with Crippen LogP contribution in [-0.4, -0.2) is 98.8 Å². The molecule has 0 amide bonds. The Morgan fingerprint density at radius 3 is 2.55 bits per heavy atom. The van der Waals surface area contributed by atoms with Gasteiger partial charge in [-0.2, -0.15) is 4.99 Å². The SMILES string of the molecule is CCOC(=O)CCCN(c1cc(C)c(/N=c2\sc3ccccc3n2COCC[Si](C)(C)C)nn1)c1nc(C(=O)OC)c(CCCOc2ccc(C#CCN(C)C)cc2F)s1. The smallest absolute Gasteiger partial charge is 0.357 e. The van der Waals surface area contributed by atoms with Gasteiger partial charge in [-0.05, 0) is 95.2 Å². The van der Waals surface area contributed by atoms with Crippen LogP contribution in [0, 0.1) is 24.6 Å². The molecule has 17 heteroatoms. The third-order valence-electron chi connectivity index (χ3n) is 8.96. The molecule has 0 saturated heterocycles. The fourth-order valence-electron chi connectivity index (χ4n) is 5.78. The molecule has 3 aromatic heterocycles. The number of nitrogens with zero attached hydrogens (tertiary/aromatic N) is 7. The number of para-hydroxylation sites is 1. The number of esters is 2. The maximum atomic E-state index is 14.8. The maximum Gasteiger partial charge on any atom is 0.357 e. The highest BCUT2D eigenvalue weighted by atomic mass is 32.1. The summed E-state index contributed by atoms with van der Waals surface area (Å²) < 4.78 is 40.2. The number of anilines is 2. The number of aryl methyl sites for hydroxylation is 2. The van der Waals surface area contributed by atoms with E-state index in [1.807, 2.05) is 49.0 Å². The van der Waals surface area contributed by atoms with Crippen molar-refractivity contribution in [2.24, 2.45) is 4.99 Å². The Morgan fingerprint density at radius 1 is 1.03 bits per heavy atom. The van der Waals surface area contributed by atoms with E-state index in [-0.39, 0.29) is 37.0 Å². The molecule has 0 atom stereocenters. The first-order chi connectivity index (χ1) is 28.8. The van der Waals surface area contributed by atoms with Crippen molar-refractivity contribution in [3.8, 4) is 17.6 Å². The Labute approximate surface area is 360 Å². The molecule has 0 saturated carbocycles. The second-order valence-electron chi connectivity index (χ2n) is 15.4. The number of fused-ring (bicyclic) bond motifs is 1. The summed E-state index contributed by atoms with van der Waals surface area (Å²) in [5, 5.41) is 9.65. The normalized spacial score (nSPS) is 11.8. The predicted octanol–water partition coefficient (Wildman–Crippen LogP) is 8.13. The Kier molecular flexibility index (Phi) is 16.9. The van der Waals surface area contributed by atoms with Crippen LogP contribution in [0.1, 0.15) is 52.7 Å². The number of aromatic nitrogens is 4. The van der Waals surface area contributed by atoms with Gasteiger partial charge in [-0.3, -0.25) is 14.3 Å². The number of carbonyl (C=O) groups is 2. The van der Waals surface area contributed by atoms with E-state index < -0.39 is 19.9 Å². The van der Waals surface area contributed by atoms with E-state index in [9.17, 15) is 14.0 Å². The fourth-order valence-corrected chi connectivity index (χ4v) is 8.68. The quantitative estimate of drug-likeness (QED) is 0.0325. The van der Waals surface area contributed by atoms with E-state index in [4.69, 9.17) is 28.9 Å². The van der Waals surface area contributed by atoms with Gasteiger partial charge in [-0.25, -0.2) is 14.2 Å².